The molecule has 1 aliphatic rings. The van der Waals surface area contributed by atoms with Crippen LogP contribution in [0.3, 0.4) is 0 Å². The van der Waals surface area contributed by atoms with Crippen molar-refractivity contribution in [3.8, 4) is 0 Å². The predicted molar refractivity (Wildman–Crippen MR) is 94.7 cm³/mol. The summed E-state index contributed by atoms with van der Waals surface area (Å²) in [5.41, 5.74) is 8.44. The standard InChI is InChI=1S/C18H21N5O/c19-17-22-15-14(16(24)23-17)13(10-20-15)11-21-18(8-9-18)7-6-12-4-2-1-3-5-12/h1-5,10,21H,6-9,11H2,(H4,19,20,22,23,24). The van der Waals surface area contributed by atoms with Crippen LogP contribution in [0.25, 0.3) is 11.0 Å². The summed E-state index contributed by atoms with van der Waals surface area (Å²) >= 11 is 0. The number of hydrogen-bond acceptors (Lipinski definition) is 4. The highest BCUT2D eigenvalue weighted by Crippen LogP contribution is 2.40. The first-order valence-corrected chi connectivity index (χ1v) is 8.30. The summed E-state index contributed by atoms with van der Waals surface area (Å²) in [5, 5.41) is 4.24. The van der Waals surface area contributed by atoms with Gasteiger partial charge in [0.15, 0.2) is 0 Å². The first kappa shape index (κ1) is 15.0. The van der Waals surface area contributed by atoms with Crippen molar-refractivity contribution in [3.63, 3.8) is 0 Å². The molecule has 2 heterocycles. The summed E-state index contributed by atoms with van der Waals surface area (Å²) < 4.78 is 0. The first-order valence-electron chi connectivity index (χ1n) is 8.30. The third-order valence-electron chi connectivity index (χ3n) is 4.88. The fourth-order valence-corrected chi connectivity index (χ4v) is 3.24. The molecule has 0 spiro atoms. The summed E-state index contributed by atoms with van der Waals surface area (Å²) in [6.45, 7) is 0.656. The second kappa shape index (κ2) is 5.79. The van der Waals surface area contributed by atoms with Crippen LogP contribution in [0.4, 0.5) is 5.95 Å². The summed E-state index contributed by atoms with van der Waals surface area (Å²) in [7, 11) is 0. The van der Waals surface area contributed by atoms with Crippen molar-refractivity contribution in [3.05, 3.63) is 58.0 Å². The van der Waals surface area contributed by atoms with Crippen LogP contribution < -0.4 is 16.6 Å². The lowest BCUT2D eigenvalue weighted by Gasteiger charge is -2.17. The van der Waals surface area contributed by atoms with Gasteiger partial charge in [-0.15, -0.1) is 0 Å². The molecule has 5 N–H and O–H groups in total. The Balaban J connectivity index is 1.44. The van der Waals surface area contributed by atoms with Gasteiger partial charge in [0.25, 0.3) is 5.56 Å². The number of nitrogens with one attached hydrogen (secondary N) is 3. The average molecular weight is 323 g/mol. The molecule has 0 aliphatic heterocycles. The minimum absolute atomic E-state index is 0.135. The smallest absolute Gasteiger partial charge is 0.262 e. The Kier molecular flexibility index (Phi) is 3.61. The zero-order valence-electron chi connectivity index (χ0n) is 13.4. The highest BCUT2D eigenvalue weighted by atomic mass is 16.1. The van der Waals surface area contributed by atoms with E-state index in [0.29, 0.717) is 17.6 Å². The number of hydrogen-bond donors (Lipinski definition) is 4. The molecule has 0 unspecified atom stereocenters. The van der Waals surface area contributed by atoms with Crippen molar-refractivity contribution >= 4 is 17.0 Å². The van der Waals surface area contributed by atoms with Crippen molar-refractivity contribution in [2.45, 2.75) is 37.8 Å². The molecule has 3 aromatic rings. The van der Waals surface area contributed by atoms with Gasteiger partial charge >= 0.3 is 0 Å². The number of aromatic nitrogens is 3. The summed E-state index contributed by atoms with van der Waals surface area (Å²) in [6, 6.07) is 10.6. The number of nitrogen functional groups attached to an aromatic ring is 1. The van der Waals surface area contributed by atoms with Crippen LogP contribution in [-0.2, 0) is 13.0 Å². The molecule has 4 rings (SSSR count). The van der Waals surface area contributed by atoms with E-state index in [2.05, 4.69) is 44.5 Å². The molecule has 124 valence electrons. The van der Waals surface area contributed by atoms with Crippen LogP contribution in [0.1, 0.15) is 30.4 Å². The van der Waals surface area contributed by atoms with Crippen LogP contribution in [0, 0.1) is 0 Å². The monoisotopic (exact) mass is 323 g/mol. The highest BCUT2D eigenvalue weighted by molar-refractivity contribution is 5.79. The van der Waals surface area contributed by atoms with E-state index in [0.717, 1.165) is 18.4 Å². The van der Waals surface area contributed by atoms with Gasteiger partial charge in [-0.1, -0.05) is 30.3 Å². The Morgan fingerprint density at radius 3 is 2.79 bits per heavy atom. The second-order valence-corrected chi connectivity index (χ2v) is 6.61. The maximum absolute atomic E-state index is 12.1. The quantitative estimate of drug-likeness (QED) is 0.558. The molecule has 24 heavy (non-hydrogen) atoms. The maximum atomic E-state index is 12.1. The van der Waals surface area contributed by atoms with E-state index in [1.807, 2.05) is 12.3 Å². The third-order valence-corrected chi connectivity index (χ3v) is 4.88. The van der Waals surface area contributed by atoms with E-state index < -0.39 is 0 Å². The van der Waals surface area contributed by atoms with Gasteiger partial charge in [-0.05, 0) is 36.8 Å². The normalized spacial score (nSPS) is 15.7. The molecule has 0 saturated heterocycles. The van der Waals surface area contributed by atoms with E-state index in [-0.39, 0.29) is 17.0 Å². The van der Waals surface area contributed by atoms with Crippen molar-refractivity contribution in [2.75, 3.05) is 5.73 Å². The summed E-state index contributed by atoms with van der Waals surface area (Å²) in [4.78, 5) is 21.8. The fraction of sp³-hybridized carbons (Fsp3) is 0.333. The van der Waals surface area contributed by atoms with Gasteiger partial charge < -0.3 is 16.0 Å². The maximum Gasteiger partial charge on any atom is 0.262 e. The van der Waals surface area contributed by atoms with Gasteiger partial charge in [0, 0.05) is 18.3 Å². The molecule has 1 aromatic carbocycles. The van der Waals surface area contributed by atoms with Gasteiger partial charge in [-0.25, -0.2) is 0 Å². The lowest BCUT2D eigenvalue weighted by molar-refractivity contribution is 0.464. The number of H-pyrrole nitrogens is 2. The SMILES string of the molecule is Nc1nc2[nH]cc(CNC3(CCc4ccccc4)CC3)c2c(=O)[nH]1. The zero-order valence-corrected chi connectivity index (χ0v) is 13.4. The third kappa shape index (κ3) is 2.92. The minimum Gasteiger partial charge on any atom is -0.369 e. The van der Waals surface area contributed by atoms with E-state index in [9.17, 15) is 4.79 Å². The van der Waals surface area contributed by atoms with Crippen LogP contribution in [-0.4, -0.2) is 20.5 Å². The topological polar surface area (TPSA) is 99.6 Å². The van der Waals surface area contributed by atoms with E-state index in [1.165, 1.54) is 18.4 Å². The number of benzene rings is 1. The van der Waals surface area contributed by atoms with Crippen LogP contribution >= 0.6 is 0 Å². The molecule has 1 saturated carbocycles. The van der Waals surface area contributed by atoms with Gasteiger partial charge in [-0.2, -0.15) is 4.98 Å². The predicted octanol–water partition coefficient (Wildman–Crippen LogP) is 2.09. The zero-order chi connectivity index (χ0) is 16.6. The van der Waals surface area contributed by atoms with Crippen molar-refractivity contribution in [1.82, 2.24) is 20.3 Å². The van der Waals surface area contributed by atoms with Gasteiger partial charge in [0.2, 0.25) is 5.95 Å². The van der Waals surface area contributed by atoms with Crippen LogP contribution in [0.5, 0.6) is 0 Å². The molecule has 1 aliphatic carbocycles. The molecular formula is C18H21N5O. The largest absolute Gasteiger partial charge is 0.369 e. The molecule has 0 bridgehead atoms. The molecule has 0 amide bonds. The second-order valence-electron chi connectivity index (χ2n) is 6.61. The Hall–Kier alpha value is -2.60. The number of nitrogens with zero attached hydrogens (tertiary/aromatic N) is 1. The minimum atomic E-state index is -0.190. The van der Waals surface area contributed by atoms with Gasteiger partial charge in [0.05, 0.1) is 5.39 Å². The van der Waals surface area contributed by atoms with E-state index in [4.69, 9.17) is 5.73 Å². The molecule has 0 atom stereocenters. The molecule has 0 radical (unpaired) electrons. The molecular weight excluding hydrogens is 302 g/mol. The summed E-state index contributed by atoms with van der Waals surface area (Å²) in [6.07, 6.45) is 6.39. The molecule has 6 heteroatoms. The Morgan fingerprint density at radius 1 is 1.25 bits per heavy atom. The number of aryl methyl sites for hydroxylation is 1. The average Bonchev–Trinajstić information content (AvgIpc) is 3.24. The number of anilines is 1. The van der Waals surface area contributed by atoms with Gasteiger partial charge in [-0.3, -0.25) is 9.78 Å². The molecule has 6 nitrogen and oxygen atoms in total. The lowest BCUT2D eigenvalue weighted by Crippen LogP contribution is -2.31. The number of rotatable bonds is 6. The molecule has 2 aromatic heterocycles. The van der Waals surface area contributed by atoms with E-state index >= 15 is 0 Å². The van der Waals surface area contributed by atoms with Crippen LogP contribution in [0.2, 0.25) is 0 Å². The lowest BCUT2D eigenvalue weighted by atomic mass is 10.0. The van der Waals surface area contributed by atoms with Gasteiger partial charge in [0.1, 0.15) is 5.65 Å². The highest BCUT2D eigenvalue weighted by Gasteiger charge is 2.41. The number of fused-ring (bicyclic) bond motifs is 1. The number of aromatic amines is 2. The summed E-state index contributed by atoms with van der Waals surface area (Å²) in [5.74, 6) is 0.135. The van der Waals surface area contributed by atoms with E-state index in [1.54, 1.807) is 0 Å². The van der Waals surface area contributed by atoms with Crippen LogP contribution in [0.15, 0.2) is 41.3 Å². The van der Waals surface area contributed by atoms with Crippen molar-refractivity contribution in [1.29, 1.82) is 0 Å². The number of nitrogens with two attached hydrogens (primary N) is 1. The molecule has 1 fully saturated rings. The van der Waals surface area contributed by atoms with Crippen molar-refractivity contribution in [2.24, 2.45) is 0 Å². The van der Waals surface area contributed by atoms with Crippen molar-refractivity contribution < 1.29 is 0 Å². The Morgan fingerprint density at radius 2 is 2.04 bits per heavy atom. The Labute approximate surface area is 139 Å². The first-order chi connectivity index (χ1) is 11.7. The fourth-order valence-electron chi connectivity index (χ4n) is 3.24. The Bertz CT molecular complexity index is 908.